The van der Waals surface area contributed by atoms with Crippen molar-refractivity contribution in [2.24, 2.45) is 0 Å². The zero-order chi connectivity index (χ0) is 30.6. The van der Waals surface area contributed by atoms with Gasteiger partial charge < -0.3 is 14.4 Å². The van der Waals surface area contributed by atoms with Gasteiger partial charge in [-0.3, -0.25) is 4.90 Å². The maximum Gasteiger partial charge on any atom is 0.137 e. The van der Waals surface area contributed by atoms with Gasteiger partial charge in [0.05, 0.1) is 30.9 Å². The van der Waals surface area contributed by atoms with Gasteiger partial charge in [0.25, 0.3) is 0 Å². The molecule has 0 N–H and O–H groups in total. The monoisotopic (exact) mass is 588 g/mol. The van der Waals surface area contributed by atoms with Crippen LogP contribution in [0.4, 0.5) is 22.9 Å². The fourth-order valence-electron chi connectivity index (χ4n) is 5.85. The van der Waals surface area contributed by atoms with Crippen LogP contribution in [0.3, 0.4) is 0 Å². The van der Waals surface area contributed by atoms with Crippen LogP contribution in [0.15, 0.2) is 152 Å². The van der Waals surface area contributed by atoms with Crippen LogP contribution >= 0.6 is 0 Å². The van der Waals surface area contributed by atoms with E-state index >= 15 is 0 Å². The van der Waals surface area contributed by atoms with E-state index in [0.29, 0.717) is 12.5 Å². The Morgan fingerprint density at radius 2 is 1.47 bits per heavy atom. The first-order valence-corrected chi connectivity index (χ1v) is 15.4. The van der Waals surface area contributed by atoms with Crippen molar-refractivity contribution in [3.05, 3.63) is 164 Å². The van der Waals surface area contributed by atoms with Gasteiger partial charge >= 0.3 is 0 Å². The Bertz CT molecular complexity index is 1910. The van der Waals surface area contributed by atoms with Crippen LogP contribution in [0, 0.1) is 0 Å². The third-order valence-electron chi connectivity index (χ3n) is 8.10. The summed E-state index contributed by atoms with van der Waals surface area (Å²) in [7, 11) is 0. The first kappa shape index (κ1) is 28.2. The van der Waals surface area contributed by atoms with Crippen LogP contribution in [-0.4, -0.2) is 26.1 Å². The summed E-state index contributed by atoms with van der Waals surface area (Å²) in [6, 6.07) is 44.2. The van der Waals surface area contributed by atoms with E-state index in [1.165, 1.54) is 11.3 Å². The van der Waals surface area contributed by atoms with Crippen molar-refractivity contribution >= 4 is 22.9 Å². The first-order chi connectivity index (χ1) is 22.1. The SMILES string of the molecule is CC(C)c1ccccc1-n1cnc(-c2cccc(N(c3ccccc3)c3cccc(CN4C=CN(c5ccccc5)C4)n3)c2)c1. The molecule has 6 nitrogen and oxygen atoms in total. The summed E-state index contributed by atoms with van der Waals surface area (Å²) in [6.07, 6.45) is 8.30. The predicted octanol–water partition coefficient (Wildman–Crippen LogP) is 9.28. The smallest absolute Gasteiger partial charge is 0.137 e. The second kappa shape index (κ2) is 12.5. The van der Waals surface area contributed by atoms with Crippen LogP contribution in [0.5, 0.6) is 0 Å². The molecule has 0 saturated carbocycles. The minimum atomic E-state index is 0.419. The number of para-hydroxylation sites is 3. The van der Waals surface area contributed by atoms with Crippen LogP contribution < -0.4 is 9.80 Å². The van der Waals surface area contributed by atoms with E-state index in [1.807, 2.05) is 18.5 Å². The normalized spacial score (nSPS) is 12.7. The van der Waals surface area contributed by atoms with E-state index in [1.54, 1.807) is 0 Å². The molecule has 0 spiro atoms. The van der Waals surface area contributed by atoms with Gasteiger partial charge in [-0.05, 0) is 66.1 Å². The van der Waals surface area contributed by atoms with Crippen molar-refractivity contribution in [2.45, 2.75) is 26.3 Å². The van der Waals surface area contributed by atoms with Crippen molar-refractivity contribution in [1.82, 2.24) is 19.4 Å². The lowest BCUT2D eigenvalue weighted by Crippen LogP contribution is -2.25. The van der Waals surface area contributed by atoms with E-state index in [-0.39, 0.29) is 0 Å². The molecule has 6 aromatic rings. The van der Waals surface area contributed by atoms with E-state index in [2.05, 4.69) is 167 Å². The van der Waals surface area contributed by atoms with Crippen molar-refractivity contribution in [3.8, 4) is 16.9 Å². The molecule has 0 bridgehead atoms. The lowest BCUT2D eigenvalue weighted by atomic mass is 10.0. The van der Waals surface area contributed by atoms with Gasteiger partial charge in [-0.25, -0.2) is 9.97 Å². The Balaban J connectivity index is 1.18. The molecule has 0 fully saturated rings. The molecule has 1 aliphatic heterocycles. The number of anilines is 4. The third kappa shape index (κ3) is 6.08. The van der Waals surface area contributed by atoms with Gasteiger partial charge in [-0.15, -0.1) is 0 Å². The largest absolute Gasteiger partial charge is 0.352 e. The molecule has 0 aliphatic carbocycles. The fraction of sp³-hybridized carbons (Fsp3) is 0.128. The summed E-state index contributed by atoms with van der Waals surface area (Å²) in [5.41, 5.74) is 8.70. The molecule has 3 heterocycles. The Morgan fingerprint density at radius 3 is 2.29 bits per heavy atom. The summed E-state index contributed by atoms with van der Waals surface area (Å²) in [4.78, 5) is 16.7. The molecule has 0 amide bonds. The zero-order valence-electron chi connectivity index (χ0n) is 25.6. The number of nitrogens with zero attached hydrogens (tertiary/aromatic N) is 6. The second-order valence-corrected chi connectivity index (χ2v) is 11.6. The number of aromatic nitrogens is 3. The van der Waals surface area contributed by atoms with Crippen LogP contribution in [0.1, 0.15) is 31.0 Å². The van der Waals surface area contributed by atoms with Gasteiger partial charge in [0.15, 0.2) is 0 Å². The molecule has 7 rings (SSSR count). The van der Waals surface area contributed by atoms with Crippen LogP contribution in [-0.2, 0) is 6.54 Å². The Labute approximate surface area is 265 Å². The van der Waals surface area contributed by atoms with Crippen molar-refractivity contribution in [1.29, 1.82) is 0 Å². The maximum atomic E-state index is 5.17. The van der Waals surface area contributed by atoms with Gasteiger partial charge in [-0.2, -0.15) is 0 Å². The molecular formula is C39H36N6. The maximum absolute atomic E-state index is 5.17. The average Bonchev–Trinajstić information content (AvgIpc) is 3.77. The Kier molecular flexibility index (Phi) is 7.85. The fourth-order valence-corrected chi connectivity index (χ4v) is 5.85. The molecule has 0 unspecified atom stereocenters. The van der Waals surface area contributed by atoms with Gasteiger partial charge in [-0.1, -0.05) is 86.6 Å². The highest BCUT2D eigenvalue weighted by molar-refractivity contribution is 5.77. The lowest BCUT2D eigenvalue weighted by molar-refractivity contribution is 0.395. The summed E-state index contributed by atoms with van der Waals surface area (Å²) in [5, 5.41) is 0. The first-order valence-electron chi connectivity index (χ1n) is 15.4. The Morgan fingerprint density at radius 1 is 0.733 bits per heavy atom. The van der Waals surface area contributed by atoms with E-state index in [0.717, 1.165) is 46.5 Å². The van der Waals surface area contributed by atoms with E-state index in [9.17, 15) is 0 Å². The van der Waals surface area contributed by atoms with Crippen molar-refractivity contribution in [2.75, 3.05) is 16.5 Å². The molecule has 0 saturated heterocycles. The summed E-state index contributed by atoms with van der Waals surface area (Å²) in [5.74, 6) is 1.29. The third-order valence-corrected chi connectivity index (χ3v) is 8.10. The number of benzene rings is 4. The molecule has 0 radical (unpaired) electrons. The Hall–Kier alpha value is -5.62. The highest BCUT2D eigenvalue weighted by atomic mass is 15.3. The van der Waals surface area contributed by atoms with Gasteiger partial charge in [0.1, 0.15) is 5.82 Å². The van der Waals surface area contributed by atoms with Crippen LogP contribution in [0.25, 0.3) is 16.9 Å². The minimum Gasteiger partial charge on any atom is -0.352 e. The molecule has 0 atom stereocenters. The number of hydrogen-bond acceptors (Lipinski definition) is 5. The summed E-state index contributed by atoms with van der Waals surface area (Å²) in [6.45, 7) is 5.95. The van der Waals surface area contributed by atoms with Crippen LogP contribution in [0.2, 0.25) is 0 Å². The number of pyridine rings is 1. The lowest BCUT2D eigenvalue weighted by Gasteiger charge is -2.26. The van der Waals surface area contributed by atoms with Crippen molar-refractivity contribution < 1.29 is 0 Å². The topological polar surface area (TPSA) is 40.4 Å². The number of hydrogen-bond donors (Lipinski definition) is 0. The molecule has 45 heavy (non-hydrogen) atoms. The predicted molar refractivity (Wildman–Crippen MR) is 184 cm³/mol. The second-order valence-electron chi connectivity index (χ2n) is 11.6. The molecule has 1 aliphatic rings. The minimum absolute atomic E-state index is 0.419. The van der Waals surface area contributed by atoms with Crippen molar-refractivity contribution in [3.63, 3.8) is 0 Å². The van der Waals surface area contributed by atoms with Gasteiger partial charge in [0, 0.05) is 46.9 Å². The zero-order valence-corrected chi connectivity index (χ0v) is 25.6. The quantitative estimate of drug-likeness (QED) is 0.168. The highest BCUT2D eigenvalue weighted by Crippen LogP contribution is 2.36. The number of rotatable bonds is 9. The molecule has 222 valence electrons. The molecule has 4 aromatic carbocycles. The highest BCUT2D eigenvalue weighted by Gasteiger charge is 2.18. The summed E-state index contributed by atoms with van der Waals surface area (Å²) < 4.78 is 2.13. The average molecular weight is 589 g/mol. The summed E-state index contributed by atoms with van der Waals surface area (Å²) >= 11 is 0. The van der Waals surface area contributed by atoms with Gasteiger partial charge in [0.2, 0.25) is 0 Å². The number of imidazole rings is 1. The van der Waals surface area contributed by atoms with E-state index in [4.69, 9.17) is 9.97 Å². The van der Waals surface area contributed by atoms with E-state index < -0.39 is 0 Å². The molecule has 2 aromatic heterocycles. The molecule has 6 heteroatoms. The molecular weight excluding hydrogens is 552 g/mol. The standard InChI is InChI=1S/C39H36N6/c1-30(2)36-20-9-10-21-38(36)44-27-37(40-28-44)31-13-11-19-35(25-31)45(34-17-7-4-8-18-34)39-22-12-14-32(41-39)26-42-23-24-43(29-42)33-15-5-3-6-16-33/h3-25,27-28,30H,26,29H2,1-2H3.